The van der Waals surface area contributed by atoms with Crippen molar-refractivity contribution in [2.75, 3.05) is 13.1 Å². The molecule has 1 aliphatic rings. The molecule has 124 valence electrons. The molecular weight excluding hydrogens is 316 g/mol. The van der Waals surface area contributed by atoms with Gasteiger partial charge in [0.2, 0.25) is 10.0 Å². The van der Waals surface area contributed by atoms with Crippen LogP contribution >= 0.6 is 0 Å². The molecule has 2 aromatic rings. The highest BCUT2D eigenvalue weighted by molar-refractivity contribution is 7.89. The summed E-state index contributed by atoms with van der Waals surface area (Å²) < 4.78 is 32.6. The fraction of sp³-hybridized carbons (Fsp3) is 0.438. The van der Waals surface area contributed by atoms with Crippen LogP contribution < -0.4 is 11.4 Å². The van der Waals surface area contributed by atoms with Gasteiger partial charge < -0.3 is 10.2 Å². The third-order valence-electron chi connectivity index (χ3n) is 4.27. The van der Waals surface area contributed by atoms with Crippen LogP contribution in [0, 0.1) is 0 Å². The minimum Gasteiger partial charge on any atom is -0.423 e. The van der Waals surface area contributed by atoms with Gasteiger partial charge in [0.1, 0.15) is 5.58 Å². The van der Waals surface area contributed by atoms with Gasteiger partial charge in [0.15, 0.2) is 0 Å². The van der Waals surface area contributed by atoms with Gasteiger partial charge in [-0.2, -0.15) is 4.31 Å². The summed E-state index contributed by atoms with van der Waals surface area (Å²) >= 11 is 0. The third kappa shape index (κ3) is 3.17. The van der Waals surface area contributed by atoms with Crippen LogP contribution in [0.5, 0.6) is 0 Å². The molecule has 2 N–H and O–H groups in total. The van der Waals surface area contributed by atoms with E-state index in [1.54, 1.807) is 16.4 Å². The summed E-state index contributed by atoms with van der Waals surface area (Å²) in [5.74, 6) is 0. The Morgan fingerprint density at radius 2 is 2.04 bits per heavy atom. The van der Waals surface area contributed by atoms with E-state index in [0.717, 1.165) is 19.3 Å². The summed E-state index contributed by atoms with van der Waals surface area (Å²) in [6.07, 6.45) is 3.41. The topological polar surface area (TPSA) is 93.6 Å². The number of sulfonamides is 1. The van der Waals surface area contributed by atoms with E-state index in [1.165, 1.54) is 18.2 Å². The van der Waals surface area contributed by atoms with Gasteiger partial charge in [-0.3, -0.25) is 0 Å². The van der Waals surface area contributed by atoms with Crippen LogP contribution in [0.25, 0.3) is 11.0 Å². The second-order valence-electron chi connectivity index (χ2n) is 5.80. The first kappa shape index (κ1) is 16.2. The lowest BCUT2D eigenvalue weighted by atomic mass is 10.0. The summed E-state index contributed by atoms with van der Waals surface area (Å²) in [7, 11) is -3.58. The number of nitrogens with zero attached hydrogens (tertiary/aromatic N) is 1. The molecule has 1 saturated heterocycles. The average Bonchev–Trinajstić information content (AvgIpc) is 2.55. The van der Waals surface area contributed by atoms with Gasteiger partial charge in [-0.15, -0.1) is 0 Å². The number of hydrogen-bond acceptors (Lipinski definition) is 5. The van der Waals surface area contributed by atoms with Crippen molar-refractivity contribution >= 4 is 21.0 Å². The minimum absolute atomic E-state index is 0.0387. The summed E-state index contributed by atoms with van der Waals surface area (Å²) in [5, 5.41) is 0.595. The van der Waals surface area contributed by atoms with Crippen molar-refractivity contribution in [2.45, 2.75) is 36.6 Å². The predicted octanol–water partition coefficient (Wildman–Crippen LogP) is 1.69. The van der Waals surface area contributed by atoms with Gasteiger partial charge in [0.25, 0.3) is 0 Å². The molecule has 3 rings (SSSR count). The molecule has 23 heavy (non-hydrogen) atoms. The second-order valence-corrected chi connectivity index (χ2v) is 7.69. The van der Waals surface area contributed by atoms with Crippen LogP contribution in [0.15, 0.2) is 44.4 Å². The number of fused-ring (bicyclic) bond motifs is 1. The largest absolute Gasteiger partial charge is 0.423 e. The van der Waals surface area contributed by atoms with Gasteiger partial charge in [0, 0.05) is 24.0 Å². The van der Waals surface area contributed by atoms with Crippen molar-refractivity contribution in [1.82, 2.24) is 4.31 Å². The van der Waals surface area contributed by atoms with Crippen LogP contribution in [0.2, 0.25) is 0 Å². The lowest BCUT2D eigenvalue weighted by molar-refractivity contribution is 0.243. The average molecular weight is 336 g/mol. The zero-order valence-corrected chi connectivity index (χ0v) is 13.6. The molecule has 1 aromatic carbocycles. The zero-order valence-electron chi connectivity index (χ0n) is 12.8. The number of hydrogen-bond donors (Lipinski definition) is 1. The van der Waals surface area contributed by atoms with Crippen molar-refractivity contribution in [3.63, 3.8) is 0 Å². The number of rotatable bonds is 4. The molecule has 0 bridgehead atoms. The van der Waals surface area contributed by atoms with Gasteiger partial charge in [-0.25, -0.2) is 13.2 Å². The van der Waals surface area contributed by atoms with Crippen molar-refractivity contribution in [3.8, 4) is 0 Å². The predicted molar refractivity (Wildman–Crippen MR) is 87.7 cm³/mol. The quantitative estimate of drug-likeness (QED) is 0.858. The van der Waals surface area contributed by atoms with Crippen molar-refractivity contribution in [3.05, 3.63) is 40.8 Å². The summed E-state index contributed by atoms with van der Waals surface area (Å²) in [6.45, 7) is 0.995. The standard InChI is InChI=1S/C16H20N2O4S/c17-9-8-13-3-1-2-10-18(13)23(20,21)14-5-6-15-12(11-14)4-7-16(19)22-15/h4-7,11,13H,1-3,8-10,17H2. The second kappa shape index (κ2) is 6.43. The first-order chi connectivity index (χ1) is 11.0. The number of benzene rings is 1. The van der Waals surface area contributed by atoms with Crippen LogP contribution in [0.1, 0.15) is 25.7 Å². The zero-order chi connectivity index (χ0) is 16.4. The fourth-order valence-corrected chi connectivity index (χ4v) is 4.88. The molecule has 1 atom stereocenters. The first-order valence-corrected chi connectivity index (χ1v) is 9.22. The van der Waals surface area contributed by atoms with Gasteiger partial charge >= 0.3 is 5.63 Å². The molecule has 1 aromatic heterocycles. The first-order valence-electron chi connectivity index (χ1n) is 7.78. The van der Waals surface area contributed by atoms with Gasteiger partial charge in [-0.05, 0) is 50.1 Å². The maximum absolute atomic E-state index is 13.0. The number of nitrogens with two attached hydrogens (primary N) is 1. The van der Waals surface area contributed by atoms with Gasteiger partial charge in [0.05, 0.1) is 4.90 Å². The highest BCUT2D eigenvalue weighted by Crippen LogP contribution is 2.28. The van der Waals surface area contributed by atoms with E-state index in [9.17, 15) is 13.2 Å². The lowest BCUT2D eigenvalue weighted by Gasteiger charge is -2.34. The fourth-order valence-electron chi connectivity index (χ4n) is 3.12. The molecule has 6 nitrogen and oxygen atoms in total. The monoisotopic (exact) mass is 336 g/mol. The van der Waals surface area contributed by atoms with E-state index in [1.807, 2.05) is 0 Å². The Balaban J connectivity index is 2.01. The molecule has 0 amide bonds. The third-order valence-corrected chi connectivity index (χ3v) is 6.22. The Labute approximate surface area is 134 Å². The molecule has 0 spiro atoms. The van der Waals surface area contributed by atoms with Crippen LogP contribution in [0.4, 0.5) is 0 Å². The van der Waals surface area contributed by atoms with Gasteiger partial charge in [-0.1, -0.05) is 6.42 Å². The van der Waals surface area contributed by atoms with E-state index in [-0.39, 0.29) is 10.9 Å². The van der Waals surface area contributed by atoms with Crippen LogP contribution in [0.3, 0.4) is 0 Å². The summed E-state index contributed by atoms with van der Waals surface area (Å²) in [6, 6.07) is 7.41. The summed E-state index contributed by atoms with van der Waals surface area (Å²) in [4.78, 5) is 11.4. The van der Waals surface area contributed by atoms with Crippen molar-refractivity contribution < 1.29 is 12.8 Å². The van der Waals surface area contributed by atoms with Crippen LogP contribution in [-0.2, 0) is 10.0 Å². The van der Waals surface area contributed by atoms with E-state index in [4.69, 9.17) is 10.2 Å². The Hall–Kier alpha value is -1.70. The molecule has 0 radical (unpaired) electrons. The normalized spacial score (nSPS) is 20.0. The molecular formula is C16H20N2O4S. The minimum atomic E-state index is -3.58. The smallest absolute Gasteiger partial charge is 0.336 e. The maximum atomic E-state index is 13.0. The Bertz CT molecular complexity index is 858. The lowest BCUT2D eigenvalue weighted by Crippen LogP contribution is -2.44. The van der Waals surface area contributed by atoms with Crippen molar-refractivity contribution in [2.24, 2.45) is 5.73 Å². The molecule has 1 fully saturated rings. The summed E-state index contributed by atoms with van der Waals surface area (Å²) in [5.41, 5.74) is 5.56. The van der Waals surface area contributed by atoms with E-state index < -0.39 is 15.6 Å². The molecule has 7 heteroatoms. The highest BCUT2D eigenvalue weighted by atomic mass is 32.2. The Morgan fingerprint density at radius 3 is 2.83 bits per heavy atom. The highest BCUT2D eigenvalue weighted by Gasteiger charge is 2.33. The van der Waals surface area contributed by atoms with Crippen LogP contribution in [-0.4, -0.2) is 31.9 Å². The molecule has 2 heterocycles. The SMILES string of the molecule is NCCC1CCCCN1S(=O)(=O)c1ccc2oc(=O)ccc2c1. The van der Waals surface area contributed by atoms with E-state index in [0.29, 0.717) is 30.5 Å². The molecule has 1 aliphatic heterocycles. The van der Waals surface area contributed by atoms with E-state index in [2.05, 4.69) is 0 Å². The number of piperidine rings is 1. The molecule has 1 unspecified atom stereocenters. The molecule has 0 saturated carbocycles. The Morgan fingerprint density at radius 1 is 1.22 bits per heavy atom. The van der Waals surface area contributed by atoms with Crippen molar-refractivity contribution in [1.29, 1.82) is 0 Å². The van der Waals surface area contributed by atoms with E-state index >= 15 is 0 Å². The molecule has 0 aliphatic carbocycles. The Kier molecular flexibility index (Phi) is 4.52. The maximum Gasteiger partial charge on any atom is 0.336 e.